The van der Waals surface area contributed by atoms with Crippen molar-refractivity contribution in [2.75, 3.05) is 0 Å². The molecule has 0 bridgehead atoms. The van der Waals surface area contributed by atoms with Gasteiger partial charge >= 0.3 is 0 Å². The molecule has 0 nitrogen and oxygen atoms in total. The average molecular weight is 212 g/mol. The summed E-state index contributed by atoms with van der Waals surface area (Å²) in [6.45, 7) is 8.41. The highest BCUT2D eigenvalue weighted by atomic mass is 14.0. The summed E-state index contributed by atoms with van der Waals surface area (Å²) < 4.78 is 0. The molecule has 0 unspecified atom stereocenters. The van der Waals surface area contributed by atoms with Gasteiger partial charge in [0.1, 0.15) is 0 Å². The smallest absolute Gasteiger partial charge is 0.0225 e. The number of hydrogen-bond acceptors (Lipinski definition) is 0. The second-order valence-corrected chi connectivity index (χ2v) is 3.91. The molecule has 0 aliphatic rings. The number of benzene rings is 1. The first kappa shape index (κ1) is 12.5. The van der Waals surface area contributed by atoms with Crippen molar-refractivity contribution in [3.63, 3.8) is 0 Å². The SMILES string of the molecule is C\C=C/C(/C=C\c1cccc(C)c1C)=C\C. The van der Waals surface area contributed by atoms with Crippen LogP contribution in [0.1, 0.15) is 30.5 Å². The predicted octanol–water partition coefficient (Wildman–Crippen LogP) is 4.84. The lowest BCUT2D eigenvalue weighted by Gasteiger charge is -2.03. The van der Waals surface area contributed by atoms with Gasteiger partial charge in [0.05, 0.1) is 0 Å². The van der Waals surface area contributed by atoms with E-state index in [-0.39, 0.29) is 0 Å². The molecule has 0 amide bonds. The van der Waals surface area contributed by atoms with Gasteiger partial charge in [0.15, 0.2) is 0 Å². The average Bonchev–Trinajstić information content (AvgIpc) is 2.29. The summed E-state index contributed by atoms with van der Waals surface area (Å²) in [5.41, 5.74) is 5.23. The summed E-state index contributed by atoms with van der Waals surface area (Å²) in [5.74, 6) is 0. The van der Waals surface area contributed by atoms with Crippen LogP contribution >= 0.6 is 0 Å². The fraction of sp³-hybridized carbons (Fsp3) is 0.250. The summed E-state index contributed by atoms with van der Waals surface area (Å²) in [4.78, 5) is 0. The third-order valence-corrected chi connectivity index (χ3v) is 2.79. The van der Waals surface area contributed by atoms with E-state index in [1.54, 1.807) is 0 Å². The fourth-order valence-corrected chi connectivity index (χ4v) is 1.58. The Balaban J connectivity index is 2.96. The highest BCUT2D eigenvalue weighted by molar-refractivity contribution is 5.59. The molecule has 0 heterocycles. The molecular formula is C16H20. The van der Waals surface area contributed by atoms with Gasteiger partial charge < -0.3 is 0 Å². The predicted molar refractivity (Wildman–Crippen MR) is 73.5 cm³/mol. The summed E-state index contributed by atoms with van der Waals surface area (Å²) in [5, 5.41) is 0. The maximum Gasteiger partial charge on any atom is -0.0225 e. The van der Waals surface area contributed by atoms with E-state index in [0.717, 1.165) is 0 Å². The highest BCUT2D eigenvalue weighted by Gasteiger charge is 1.96. The molecule has 0 saturated heterocycles. The van der Waals surface area contributed by atoms with Crippen LogP contribution in [0.3, 0.4) is 0 Å². The fourth-order valence-electron chi connectivity index (χ4n) is 1.58. The van der Waals surface area contributed by atoms with Crippen LogP contribution in [-0.2, 0) is 0 Å². The zero-order valence-corrected chi connectivity index (χ0v) is 10.6. The van der Waals surface area contributed by atoms with E-state index in [1.165, 1.54) is 22.3 Å². The lowest BCUT2D eigenvalue weighted by atomic mass is 10.0. The van der Waals surface area contributed by atoms with E-state index in [9.17, 15) is 0 Å². The maximum atomic E-state index is 2.18. The Morgan fingerprint density at radius 3 is 2.44 bits per heavy atom. The second-order valence-electron chi connectivity index (χ2n) is 3.91. The molecule has 0 aromatic heterocycles. The standard InChI is InChI=1S/C16H20/c1-5-8-15(6-2)11-12-16-10-7-9-13(3)14(16)4/h5-12H,1-4H3/b8-5-,12-11-,15-6+. The third-order valence-electron chi connectivity index (χ3n) is 2.79. The molecule has 16 heavy (non-hydrogen) atoms. The van der Waals surface area contributed by atoms with E-state index < -0.39 is 0 Å². The molecular weight excluding hydrogens is 192 g/mol. The van der Waals surface area contributed by atoms with E-state index in [0.29, 0.717) is 0 Å². The van der Waals surface area contributed by atoms with Crippen molar-refractivity contribution in [1.29, 1.82) is 0 Å². The Morgan fingerprint density at radius 1 is 1.06 bits per heavy atom. The van der Waals surface area contributed by atoms with Gasteiger partial charge in [-0.2, -0.15) is 0 Å². The Labute approximate surface area is 99.0 Å². The molecule has 0 spiro atoms. The van der Waals surface area contributed by atoms with Crippen LogP contribution in [-0.4, -0.2) is 0 Å². The first-order chi connectivity index (χ1) is 7.69. The molecule has 0 radical (unpaired) electrons. The second kappa shape index (κ2) is 6.12. The summed E-state index contributed by atoms with van der Waals surface area (Å²) in [6, 6.07) is 6.41. The molecule has 1 rings (SSSR count). The quantitative estimate of drug-likeness (QED) is 0.629. The topological polar surface area (TPSA) is 0 Å². The minimum Gasteiger partial charge on any atom is -0.0871 e. The zero-order valence-electron chi connectivity index (χ0n) is 10.6. The molecule has 0 heteroatoms. The Bertz CT molecular complexity index is 431. The largest absolute Gasteiger partial charge is 0.0871 e. The van der Waals surface area contributed by atoms with Crippen LogP contribution in [0.15, 0.2) is 48.1 Å². The van der Waals surface area contributed by atoms with Crippen LogP contribution in [0.25, 0.3) is 6.08 Å². The molecule has 0 fully saturated rings. The van der Waals surface area contributed by atoms with Crippen LogP contribution in [0.5, 0.6) is 0 Å². The van der Waals surface area contributed by atoms with Gasteiger partial charge in [-0.25, -0.2) is 0 Å². The monoisotopic (exact) mass is 212 g/mol. The van der Waals surface area contributed by atoms with Crippen molar-refractivity contribution in [3.8, 4) is 0 Å². The molecule has 0 atom stereocenters. The molecule has 1 aromatic carbocycles. The first-order valence-corrected chi connectivity index (χ1v) is 5.72. The lowest BCUT2D eigenvalue weighted by Crippen LogP contribution is -1.84. The van der Waals surface area contributed by atoms with Gasteiger partial charge in [-0.05, 0) is 50.0 Å². The van der Waals surface area contributed by atoms with Gasteiger partial charge in [-0.15, -0.1) is 0 Å². The van der Waals surface area contributed by atoms with E-state index >= 15 is 0 Å². The van der Waals surface area contributed by atoms with Crippen molar-refractivity contribution in [1.82, 2.24) is 0 Å². The van der Waals surface area contributed by atoms with Gasteiger partial charge in [-0.1, -0.05) is 48.6 Å². The van der Waals surface area contributed by atoms with Crippen molar-refractivity contribution >= 4 is 6.08 Å². The van der Waals surface area contributed by atoms with Crippen molar-refractivity contribution in [3.05, 3.63) is 64.8 Å². The summed E-state index contributed by atoms with van der Waals surface area (Å²) in [6.07, 6.45) is 10.6. The van der Waals surface area contributed by atoms with Gasteiger partial charge in [0, 0.05) is 0 Å². The third kappa shape index (κ3) is 3.23. The van der Waals surface area contributed by atoms with Gasteiger partial charge in [-0.3, -0.25) is 0 Å². The number of rotatable bonds is 3. The lowest BCUT2D eigenvalue weighted by molar-refractivity contribution is 1.32. The normalized spacial score (nSPS) is 12.9. The highest BCUT2D eigenvalue weighted by Crippen LogP contribution is 2.15. The van der Waals surface area contributed by atoms with E-state index in [1.807, 2.05) is 6.92 Å². The van der Waals surface area contributed by atoms with Crippen LogP contribution in [0.4, 0.5) is 0 Å². The molecule has 0 aliphatic carbocycles. The summed E-state index contributed by atoms with van der Waals surface area (Å²) in [7, 11) is 0. The van der Waals surface area contributed by atoms with Gasteiger partial charge in [0.25, 0.3) is 0 Å². The van der Waals surface area contributed by atoms with Gasteiger partial charge in [0.2, 0.25) is 0 Å². The van der Waals surface area contributed by atoms with Crippen LogP contribution in [0, 0.1) is 13.8 Å². The zero-order chi connectivity index (χ0) is 12.0. The molecule has 0 N–H and O–H groups in total. The number of hydrogen-bond donors (Lipinski definition) is 0. The number of allylic oxidation sites excluding steroid dienone is 5. The number of aryl methyl sites for hydroxylation is 1. The minimum absolute atomic E-state index is 1.24. The first-order valence-electron chi connectivity index (χ1n) is 5.72. The van der Waals surface area contributed by atoms with E-state index in [4.69, 9.17) is 0 Å². The van der Waals surface area contributed by atoms with E-state index in [2.05, 4.69) is 69.4 Å². The van der Waals surface area contributed by atoms with Crippen molar-refractivity contribution < 1.29 is 0 Å². The molecule has 84 valence electrons. The summed E-state index contributed by atoms with van der Waals surface area (Å²) >= 11 is 0. The van der Waals surface area contributed by atoms with Crippen LogP contribution in [0.2, 0.25) is 0 Å². The Hall–Kier alpha value is -1.56. The maximum absolute atomic E-state index is 2.18. The molecule has 0 saturated carbocycles. The van der Waals surface area contributed by atoms with Crippen LogP contribution < -0.4 is 0 Å². The Kier molecular flexibility index (Phi) is 4.78. The molecule has 1 aromatic rings. The molecule has 0 aliphatic heterocycles. The van der Waals surface area contributed by atoms with Crippen molar-refractivity contribution in [2.24, 2.45) is 0 Å². The Morgan fingerprint density at radius 2 is 1.81 bits per heavy atom. The van der Waals surface area contributed by atoms with Crippen molar-refractivity contribution in [2.45, 2.75) is 27.7 Å². The minimum atomic E-state index is 1.24.